The Bertz CT molecular complexity index is 1200. The average Bonchev–Trinajstić information content (AvgIpc) is 3.35. The topological polar surface area (TPSA) is 82.2 Å². The highest BCUT2D eigenvalue weighted by atomic mass is 35.5. The predicted molar refractivity (Wildman–Crippen MR) is 117 cm³/mol. The molecular weight excluding hydrogens is 416 g/mol. The van der Waals surface area contributed by atoms with Crippen LogP contribution < -0.4 is 10.1 Å². The molecule has 0 unspecified atom stereocenters. The molecule has 2 aromatic carbocycles. The van der Waals surface area contributed by atoms with Crippen LogP contribution in [0.3, 0.4) is 0 Å². The number of carbonyl (C=O) groups excluding carboxylic acids is 1. The summed E-state index contributed by atoms with van der Waals surface area (Å²) in [6.07, 6.45) is 3.31. The maximum Gasteiger partial charge on any atom is 0.278 e. The van der Waals surface area contributed by atoms with E-state index in [0.29, 0.717) is 34.3 Å². The number of hydrogen-bond donors (Lipinski definition) is 1. The zero-order valence-electron chi connectivity index (χ0n) is 17.1. The molecule has 7 nitrogen and oxygen atoms in total. The van der Waals surface area contributed by atoms with Gasteiger partial charge in [-0.05, 0) is 37.6 Å². The Morgan fingerprint density at radius 2 is 1.94 bits per heavy atom. The minimum Gasteiger partial charge on any atom is -0.489 e. The molecule has 0 radical (unpaired) electrons. The van der Waals surface area contributed by atoms with Crippen molar-refractivity contribution >= 4 is 23.2 Å². The molecule has 0 spiro atoms. The second-order valence-corrected chi connectivity index (χ2v) is 7.55. The first-order valence-corrected chi connectivity index (χ1v) is 10.1. The number of halogens is 1. The molecule has 2 heterocycles. The Labute approximate surface area is 184 Å². The van der Waals surface area contributed by atoms with E-state index in [1.807, 2.05) is 55.5 Å². The Balaban J connectivity index is 1.43. The van der Waals surface area contributed by atoms with Gasteiger partial charge in [-0.2, -0.15) is 5.10 Å². The van der Waals surface area contributed by atoms with Crippen molar-refractivity contribution in [3.05, 3.63) is 94.1 Å². The normalized spacial score (nSPS) is 10.8. The van der Waals surface area contributed by atoms with Crippen molar-refractivity contribution < 1.29 is 14.1 Å². The molecule has 0 saturated heterocycles. The highest BCUT2D eigenvalue weighted by molar-refractivity contribution is 6.31. The SMILES string of the molecule is Cc1ccc(OCc2c(C(=O)Nc3cnn(Cc4ccccc4Cl)c3)noc2C)cc1. The summed E-state index contributed by atoms with van der Waals surface area (Å²) in [5.41, 5.74) is 3.41. The number of rotatable bonds is 7. The van der Waals surface area contributed by atoms with Crippen LogP contribution in [0.15, 0.2) is 65.4 Å². The molecule has 1 amide bonds. The number of hydrogen-bond acceptors (Lipinski definition) is 5. The highest BCUT2D eigenvalue weighted by Gasteiger charge is 2.21. The largest absolute Gasteiger partial charge is 0.489 e. The first-order valence-electron chi connectivity index (χ1n) is 9.71. The van der Waals surface area contributed by atoms with Gasteiger partial charge in [0.25, 0.3) is 5.91 Å². The van der Waals surface area contributed by atoms with Gasteiger partial charge in [0.15, 0.2) is 5.69 Å². The Morgan fingerprint density at radius 1 is 1.16 bits per heavy atom. The Morgan fingerprint density at radius 3 is 2.71 bits per heavy atom. The van der Waals surface area contributed by atoms with Crippen molar-refractivity contribution in [2.24, 2.45) is 0 Å². The van der Waals surface area contributed by atoms with Crippen LogP contribution in [-0.2, 0) is 13.2 Å². The van der Waals surface area contributed by atoms with Crippen molar-refractivity contribution in [2.75, 3.05) is 5.32 Å². The summed E-state index contributed by atoms with van der Waals surface area (Å²) in [4.78, 5) is 12.8. The van der Waals surface area contributed by atoms with E-state index in [1.165, 1.54) is 0 Å². The Kier molecular flexibility index (Phi) is 6.04. The lowest BCUT2D eigenvalue weighted by Gasteiger charge is -2.07. The van der Waals surface area contributed by atoms with Crippen LogP contribution in [-0.4, -0.2) is 20.8 Å². The van der Waals surface area contributed by atoms with Gasteiger partial charge in [-0.25, -0.2) is 0 Å². The lowest BCUT2D eigenvalue weighted by molar-refractivity contribution is 0.101. The standard InChI is InChI=1S/C23H21ClN4O3/c1-15-7-9-19(10-8-15)30-14-20-16(2)31-27-22(20)23(29)26-18-11-25-28(13-18)12-17-5-3-4-6-21(17)24/h3-11,13H,12,14H2,1-2H3,(H,26,29). The first kappa shape index (κ1) is 20.7. The molecule has 31 heavy (non-hydrogen) atoms. The van der Waals surface area contributed by atoms with Gasteiger partial charge in [-0.1, -0.05) is 52.7 Å². The van der Waals surface area contributed by atoms with Gasteiger partial charge >= 0.3 is 0 Å². The number of aryl methyl sites for hydroxylation is 2. The second kappa shape index (κ2) is 9.06. The van der Waals surface area contributed by atoms with Gasteiger partial charge in [0.2, 0.25) is 0 Å². The number of nitrogens with zero attached hydrogens (tertiary/aromatic N) is 3. The third-order valence-corrected chi connectivity index (χ3v) is 5.15. The van der Waals surface area contributed by atoms with E-state index in [0.717, 1.165) is 11.1 Å². The van der Waals surface area contributed by atoms with Gasteiger partial charge in [-0.15, -0.1) is 0 Å². The number of ether oxygens (including phenoxy) is 1. The maximum atomic E-state index is 12.8. The fraction of sp³-hybridized carbons (Fsp3) is 0.174. The molecule has 2 aromatic heterocycles. The van der Waals surface area contributed by atoms with Crippen LogP contribution in [0.2, 0.25) is 5.02 Å². The van der Waals surface area contributed by atoms with E-state index in [2.05, 4.69) is 15.6 Å². The number of benzene rings is 2. The van der Waals surface area contributed by atoms with Gasteiger partial charge in [-0.3, -0.25) is 9.48 Å². The van der Waals surface area contributed by atoms with E-state index in [-0.39, 0.29) is 12.3 Å². The van der Waals surface area contributed by atoms with Crippen LogP contribution in [0, 0.1) is 13.8 Å². The summed E-state index contributed by atoms with van der Waals surface area (Å²) < 4.78 is 12.7. The molecule has 0 aliphatic carbocycles. The highest BCUT2D eigenvalue weighted by Crippen LogP contribution is 2.20. The maximum absolute atomic E-state index is 12.8. The minimum absolute atomic E-state index is 0.174. The molecule has 0 aliphatic heterocycles. The number of nitrogens with one attached hydrogen (secondary N) is 1. The van der Waals surface area contributed by atoms with Crippen LogP contribution >= 0.6 is 11.6 Å². The number of amides is 1. The zero-order valence-corrected chi connectivity index (χ0v) is 17.9. The molecule has 4 aromatic rings. The van der Waals surface area contributed by atoms with Crippen molar-refractivity contribution in [2.45, 2.75) is 27.0 Å². The summed E-state index contributed by atoms with van der Waals surface area (Å²) in [6.45, 7) is 4.42. The zero-order chi connectivity index (χ0) is 21.8. The fourth-order valence-electron chi connectivity index (χ4n) is 3.04. The molecule has 0 atom stereocenters. The van der Waals surface area contributed by atoms with Gasteiger partial charge in [0.05, 0.1) is 24.0 Å². The monoisotopic (exact) mass is 436 g/mol. The van der Waals surface area contributed by atoms with Crippen LogP contribution in [0.1, 0.15) is 32.9 Å². The molecule has 1 N–H and O–H groups in total. The predicted octanol–water partition coefficient (Wildman–Crippen LogP) is 5.02. The minimum atomic E-state index is -0.392. The summed E-state index contributed by atoms with van der Waals surface area (Å²) in [5.74, 6) is 0.849. The second-order valence-electron chi connectivity index (χ2n) is 7.14. The number of aromatic nitrogens is 3. The van der Waals surface area contributed by atoms with E-state index in [9.17, 15) is 4.79 Å². The molecule has 4 rings (SSSR count). The van der Waals surface area contributed by atoms with E-state index in [1.54, 1.807) is 24.0 Å². The van der Waals surface area contributed by atoms with Crippen LogP contribution in [0.4, 0.5) is 5.69 Å². The van der Waals surface area contributed by atoms with Gasteiger partial charge < -0.3 is 14.6 Å². The number of anilines is 1. The van der Waals surface area contributed by atoms with Gasteiger partial charge in [0.1, 0.15) is 18.1 Å². The molecule has 0 aliphatic rings. The molecule has 158 valence electrons. The molecule has 0 fully saturated rings. The summed E-state index contributed by atoms with van der Waals surface area (Å²) in [6, 6.07) is 15.2. The summed E-state index contributed by atoms with van der Waals surface area (Å²) in [7, 11) is 0. The first-order chi connectivity index (χ1) is 15.0. The van der Waals surface area contributed by atoms with Gasteiger partial charge in [0, 0.05) is 11.2 Å². The molecule has 0 bridgehead atoms. The van der Waals surface area contributed by atoms with Crippen molar-refractivity contribution in [1.82, 2.24) is 14.9 Å². The summed E-state index contributed by atoms with van der Waals surface area (Å²) in [5, 5.41) is 11.7. The van der Waals surface area contributed by atoms with Crippen molar-refractivity contribution in [1.29, 1.82) is 0 Å². The Hall–Kier alpha value is -3.58. The lowest BCUT2D eigenvalue weighted by Crippen LogP contribution is -2.15. The molecule has 0 saturated carbocycles. The van der Waals surface area contributed by atoms with E-state index >= 15 is 0 Å². The summed E-state index contributed by atoms with van der Waals surface area (Å²) >= 11 is 6.21. The van der Waals surface area contributed by atoms with Crippen LogP contribution in [0.5, 0.6) is 5.75 Å². The lowest BCUT2D eigenvalue weighted by atomic mass is 10.2. The van der Waals surface area contributed by atoms with E-state index in [4.69, 9.17) is 20.9 Å². The molecule has 8 heteroatoms. The third kappa shape index (κ3) is 4.95. The third-order valence-electron chi connectivity index (χ3n) is 4.79. The van der Waals surface area contributed by atoms with Crippen molar-refractivity contribution in [3.8, 4) is 5.75 Å². The molecular formula is C23H21ClN4O3. The number of carbonyl (C=O) groups is 1. The van der Waals surface area contributed by atoms with Crippen LogP contribution in [0.25, 0.3) is 0 Å². The van der Waals surface area contributed by atoms with Crippen molar-refractivity contribution in [3.63, 3.8) is 0 Å². The van der Waals surface area contributed by atoms with E-state index < -0.39 is 5.91 Å². The smallest absolute Gasteiger partial charge is 0.278 e. The quantitative estimate of drug-likeness (QED) is 0.439. The fourth-order valence-corrected chi connectivity index (χ4v) is 3.23. The average molecular weight is 437 g/mol.